The van der Waals surface area contributed by atoms with Gasteiger partial charge in [-0.15, -0.1) is 0 Å². The number of pyridine rings is 1. The molecule has 23 heavy (non-hydrogen) atoms. The fourth-order valence-corrected chi connectivity index (χ4v) is 2.81. The molecule has 1 aliphatic heterocycles. The number of H-pyrrole nitrogens is 1. The number of nitrogens with one attached hydrogen (secondary N) is 1. The van der Waals surface area contributed by atoms with Gasteiger partial charge in [-0.05, 0) is 12.5 Å². The maximum absolute atomic E-state index is 14.2. The first-order valence-electron chi connectivity index (χ1n) is 7.00. The van der Waals surface area contributed by atoms with Crippen molar-refractivity contribution < 1.29 is 14.0 Å². The first-order chi connectivity index (χ1) is 11.1. The van der Waals surface area contributed by atoms with E-state index >= 15 is 0 Å². The minimum atomic E-state index is -0.471. The van der Waals surface area contributed by atoms with Crippen LogP contribution in [-0.4, -0.2) is 31.9 Å². The van der Waals surface area contributed by atoms with Gasteiger partial charge in [0.25, 0.3) is 11.8 Å². The first kappa shape index (κ1) is 13.6. The summed E-state index contributed by atoms with van der Waals surface area (Å²) in [5, 5.41) is 7.00. The van der Waals surface area contributed by atoms with E-state index in [9.17, 15) is 14.0 Å². The van der Waals surface area contributed by atoms with Gasteiger partial charge >= 0.3 is 0 Å². The summed E-state index contributed by atoms with van der Waals surface area (Å²) in [6.07, 6.45) is 2.81. The molecule has 2 aromatic heterocycles. The van der Waals surface area contributed by atoms with Crippen molar-refractivity contribution in [3.05, 3.63) is 58.7 Å². The topological polar surface area (TPSA) is 79.0 Å². The van der Waals surface area contributed by atoms with Crippen LogP contribution in [0.1, 0.15) is 31.8 Å². The number of carbonyl (C=O) groups is 2. The average Bonchev–Trinajstić information content (AvgIpc) is 3.10. The maximum atomic E-state index is 14.2. The molecule has 0 saturated carbocycles. The Hall–Kier alpha value is -3.09. The van der Waals surface area contributed by atoms with E-state index in [-0.39, 0.29) is 17.7 Å². The molecule has 2 amide bonds. The van der Waals surface area contributed by atoms with E-state index in [0.717, 1.165) is 4.90 Å². The van der Waals surface area contributed by atoms with Crippen LogP contribution >= 0.6 is 0 Å². The number of aryl methyl sites for hydroxylation is 1. The zero-order valence-electron chi connectivity index (χ0n) is 12.1. The lowest BCUT2D eigenvalue weighted by Gasteiger charge is -2.15. The summed E-state index contributed by atoms with van der Waals surface area (Å²) >= 11 is 0. The second kappa shape index (κ2) is 4.70. The number of hydrogen-bond donors (Lipinski definition) is 1. The smallest absolute Gasteiger partial charge is 0.263 e. The number of nitrogens with zero attached hydrogens (tertiary/aromatic N) is 3. The molecule has 0 aliphatic carbocycles. The largest absolute Gasteiger partial charge is 0.270 e. The van der Waals surface area contributed by atoms with Gasteiger partial charge in [0, 0.05) is 11.8 Å². The maximum Gasteiger partial charge on any atom is 0.263 e. The van der Waals surface area contributed by atoms with Crippen LogP contribution in [0.3, 0.4) is 0 Å². The Morgan fingerprint density at radius 3 is 2.87 bits per heavy atom. The second-order valence-electron chi connectivity index (χ2n) is 5.42. The lowest BCUT2D eigenvalue weighted by molar-refractivity contribution is 0.0641. The highest BCUT2D eigenvalue weighted by atomic mass is 19.1. The Morgan fingerprint density at radius 1 is 1.22 bits per heavy atom. The molecule has 1 aromatic carbocycles. The monoisotopic (exact) mass is 310 g/mol. The third-order valence-electron chi connectivity index (χ3n) is 4.02. The van der Waals surface area contributed by atoms with Crippen molar-refractivity contribution >= 4 is 22.8 Å². The molecular formula is C16H11FN4O2. The van der Waals surface area contributed by atoms with Gasteiger partial charge in [-0.2, -0.15) is 5.10 Å². The Morgan fingerprint density at radius 2 is 2.04 bits per heavy atom. The molecule has 0 unspecified atom stereocenters. The third-order valence-corrected chi connectivity index (χ3v) is 4.02. The number of aromatic nitrogens is 3. The molecule has 3 heterocycles. The molecule has 0 spiro atoms. The number of imide groups is 1. The highest BCUT2D eigenvalue weighted by Crippen LogP contribution is 2.29. The molecule has 3 aromatic rings. The Kier molecular flexibility index (Phi) is 2.77. The van der Waals surface area contributed by atoms with E-state index in [1.54, 1.807) is 25.1 Å². The van der Waals surface area contributed by atoms with E-state index in [1.165, 1.54) is 12.4 Å². The highest BCUT2D eigenvalue weighted by molar-refractivity contribution is 6.25. The number of amides is 2. The van der Waals surface area contributed by atoms with E-state index < -0.39 is 17.6 Å². The normalized spacial score (nSPS) is 13.9. The molecule has 114 valence electrons. The second-order valence-corrected chi connectivity index (χ2v) is 5.42. The van der Waals surface area contributed by atoms with E-state index in [2.05, 4.69) is 15.2 Å². The predicted molar refractivity (Wildman–Crippen MR) is 79.2 cm³/mol. The number of fused-ring (bicyclic) bond motifs is 3. The van der Waals surface area contributed by atoms with Gasteiger partial charge in [0.15, 0.2) is 5.65 Å². The standard InChI is InChI=1S/C16H11FN4O2/c1-8-3-2-4-9(13(8)17)7-21-15(22)11-5-18-14-10(6-19-20-14)12(11)16(21)23/h2-6H,7H2,1H3,(H,18,19,20). The SMILES string of the molecule is Cc1cccc(CN2C(=O)c3cnc4[nH]ncc4c3C2=O)c1F. The number of carbonyl (C=O) groups excluding carboxylic acids is 2. The van der Waals surface area contributed by atoms with E-state index in [1.807, 2.05) is 0 Å². The molecule has 1 aliphatic rings. The van der Waals surface area contributed by atoms with Gasteiger partial charge < -0.3 is 0 Å². The molecule has 4 rings (SSSR count). The number of hydrogen-bond acceptors (Lipinski definition) is 4. The molecule has 7 heteroatoms. The summed E-state index contributed by atoms with van der Waals surface area (Å²) in [6, 6.07) is 4.90. The van der Waals surface area contributed by atoms with Crippen molar-refractivity contribution in [3.8, 4) is 0 Å². The molecular weight excluding hydrogens is 299 g/mol. The fraction of sp³-hybridized carbons (Fsp3) is 0.125. The number of rotatable bonds is 2. The van der Waals surface area contributed by atoms with Crippen molar-refractivity contribution in [1.82, 2.24) is 20.1 Å². The molecule has 1 N–H and O–H groups in total. The lowest BCUT2D eigenvalue weighted by atomic mass is 10.1. The van der Waals surface area contributed by atoms with Crippen molar-refractivity contribution in [2.24, 2.45) is 0 Å². The Bertz CT molecular complexity index is 979. The Balaban J connectivity index is 1.78. The molecule has 0 saturated heterocycles. The van der Waals surface area contributed by atoms with Gasteiger partial charge in [-0.25, -0.2) is 9.37 Å². The van der Waals surface area contributed by atoms with Crippen LogP contribution in [0.4, 0.5) is 4.39 Å². The molecule has 6 nitrogen and oxygen atoms in total. The van der Waals surface area contributed by atoms with Crippen LogP contribution < -0.4 is 0 Å². The van der Waals surface area contributed by atoms with E-state index in [0.29, 0.717) is 22.2 Å². The zero-order chi connectivity index (χ0) is 16.1. The quantitative estimate of drug-likeness (QED) is 0.736. The van der Waals surface area contributed by atoms with Crippen molar-refractivity contribution in [2.45, 2.75) is 13.5 Å². The van der Waals surface area contributed by atoms with Gasteiger partial charge in [0.1, 0.15) is 5.82 Å². The van der Waals surface area contributed by atoms with Crippen LogP contribution in [0.15, 0.2) is 30.6 Å². The summed E-state index contributed by atoms with van der Waals surface area (Å²) in [5.74, 6) is -1.34. The molecule has 0 radical (unpaired) electrons. The third kappa shape index (κ3) is 1.86. The number of halogens is 1. The Labute approximate surface area is 129 Å². The summed E-state index contributed by atoms with van der Waals surface area (Å²) in [7, 11) is 0. The van der Waals surface area contributed by atoms with Crippen LogP contribution in [0, 0.1) is 12.7 Å². The van der Waals surface area contributed by atoms with Gasteiger partial charge in [0.2, 0.25) is 0 Å². The predicted octanol–water partition coefficient (Wildman–Crippen LogP) is 2.20. The summed E-state index contributed by atoms with van der Waals surface area (Å²) in [5.41, 5.74) is 1.70. The first-order valence-corrected chi connectivity index (χ1v) is 7.00. The van der Waals surface area contributed by atoms with Crippen LogP contribution in [-0.2, 0) is 6.54 Å². The number of benzene rings is 1. The number of aromatic amines is 1. The van der Waals surface area contributed by atoms with Crippen molar-refractivity contribution in [2.75, 3.05) is 0 Å². The van der Waals surface area contributed by atoms with Gasteiger partial charge in [0.05, 0.1) is 29.3 Å². The van der Waals surface area contributed by atoms with Gasteiger partial charge in [-0.1, -0.05) is 18.2 Å². The summed E-state index contributed by atoms with van der Waals surface area (Å²) in [4.78, 5) is 30.2. The molecule has 0 fully saturated rings. The van der Waals surface area contributed by atoms with Gasteiger partial charge in [-0.3, -0.25) is 19.6 Å². The summed E-state index contributed by atoms with van der Waals surface area (Å²) < 4.78 is 14.2. The lowest BCUT2D eigenvalue weighted by Crippen LogP contribution is -2.29. The molecule has 0 bridgehead atoms. The average molecular weight is 310 g/mol. The zero-order valence-corrected chi connectivity index (χ0v) is 12.1. The van der Waals surface area contributed by atoms with Crippen molar-refractivity contribution in [3.63, 3.8) is 0 Å². The van der Waals surface area contributed by atoms with Crippen LogP contribution in [0.25, 0.3) is 11.0 Å². The molecule has 0 atom stereocenters. The highest BCUT2D eigenvalue weighted by Gasteiger charge is 2.38. The van der Waals surface area contributed by atoms with E-state index in [4.69, 9.17) is 0 Å². The van der Waals surface area contributed by atoms with Crippen LogP contribution in [0.2, 0.25) is 0 Å². The van der Waals surface area contributed by atoms with Crippen molar-refractivity contribution in [1.29, 1.82) is 0 Å². The fourth-order valence-electron chi connectivity index (χ4n) is 2.81. The summed E-state index contributed by atoms with van der Waals surface area (Å²) in [6.45, 7) is 1.53. The minimum Gasteiger partial charge on any atom is -0.270 e. The van der Waals surface area contributed by atoms with Crippen LogP contribution in [0.5, 0.6) is 0 Å². The minimum absolute atomic E-state index is 0.112.